The molecule has 0 radical (unpaired) electrons. The van der Waals surface area contributed by atoms with Gasteiger partial charge in [0.2, 0.25) is 0 Å². The highest BCUT2D eigenvalue weighted by molar-refractivity contribution is 6.73. The Balaban J connectivity index is 1.69. The molecule has 3 nitrogen and oxygen atoms in total. The van der Waals surface area contributed by atoms with Gasteiger partial charge in [-0.25, -0.2) is 0 Å². The lowest BCUT2D eigenvalue weighted by Crippen LogP contribution is -2.41. The zero-order valence-electron chi connectivity index (χ0n) is 13.9. The second kappa shape index (κ2) is 7.61. The molecule has 0 saturated carbocycles. The Bertz CT molecular complexity index is 392. The summed E-state index contributed by atoms with van der Waals surface area (Å²) in [5.74, 6) is 1.07. The van der Waals surface area contributed by atoms with Gasteiger partial charge in [-0.3, -0.25) is 0 Å². The molecule has 2 heterocycles. The third kappa shape index (κ3) is 4.44. The molecule has 0 aliphatic carbocycles. The van der Waals surface area contributed by atoms with E-state index in [0.29, 0.717) is 12.2 Å². The molecule has 1 saturated heterocycles. The van der Waals surface area contributed by atoms with Crippen LogP contribution in [0.5, 0.6) is 0 Å². The number of hydrogen-bond donors (Lipinski definition) is 0. The standard InChI is InChI=1S/C17H30O3Si/c1-5-21(6-2,7-3)20-14(4)17-16(19-17)12-8-10-15-11-9-13-18-15/h9,11,13-14,16-17H,5-8,10,12H2,1-4H3/t14?,16-,17-/m0/s1. The summed E-state index contributed by atoms with van der Waals surface area (Å²) >= 11 is 0. The van der Waals surface area contributed by atoms with Crippen molar-refractivity contribution in [1.29, 1.82) is 0 Å². The van der Waals surface area contributed by atoms with Gasteiger partial charge in [0.15, 0.2) is 8.32 Å². The van der Waals surface area contributed by atoms with Crippen LogP contribution in [0, 0.1) is 0 Å². The van der Waals surface area contributed by atoms with Crippen LogP contribution in [0.15, 0.2) is 22.8 Å². The van der Waals surface area contributed by atoms with E-state index in [9.17, 15) is 0 Å². The molecule has 1 aliphatic heterocycles. The lowest BCUT2D eigenvalue weighted by molar-refractivity contribution is 0.163. The van der Waals surface area contributed by atoms with E-state index < -0.39 is 8.32 Å². The van der Waals surface area contributed by atoms with E-state index in [0.717, 1.165) is 25.0 Å². The molecule has 1 aliphatic rings. The van der Waals surface area contributed by atoms with Gasteiger partial charge in [-0.1, -0.05) is 20.8 Å². The number of epoxide rings is 1. The quantitative estimate of drug-likeness (QED) is 0.461. The van der Waals surface area contributed by atoms with Crippen LogP contribution in [0.25, 0.3) is 0 Å². The summed E-state index contributed by atoms with van der Waals surface area (Å²) in [5.41, 5.74) is 0. The van der Waals surface area contributed by atoms with E-state index in [1.807, 2.05) is 12.1 Å². The summed E-state index contributed by atoms with van der Waals surface area (Å²) in [7, 11) is -1.50. The summed E-state index contributed by atoms with van der Waals surface area (Å²) in [6.45, 7) is 9.03. The van der Waals surface area contributed by atoms with Crippen molar-refractivity contribution in [3.8, 4) is 0 Å². The molecule has 0 amide bonds. The van der Waals surface area contributed by atoms with Crippen molar-refractivity contribution in [2.45, 2.75) is 83.4 Å². The van der Waals surface area contributed by atoms with Crippen LogP contribution in [0.1, 0.15) is 46.3 Å². The van der Waals surface area contributed by atoms with Crippen molar-refractivity contribution in [2.24, 2.45) is 0 Å². The topological polar surface area (TPSA) is 34.9 Å². The Morgan fingerprint density at radius 3 is 2.52 bits per heavy atom. The monoisotopic (exact) mass is 310 g/mol. The van der Waals surface area contributed by atoms with Crippen LogP contribution in [-0.2, 0) is 15.6 Å². The van der Waals surface area contributed by atoms with Crippen LogP contribution in [-0.4, -0.2) is 26.6 Å². The Morgan fingerprint density at radius 2 is 1.95 bits per heavy atom. The predicted octanol–water partition coefficient (Wildman–Crippen LogP) is 4.78. The maximum atomic E-state index is 6.49. The minimum absolute atomic E-state index is 0.255. The molecule has 2 rings (SSSR count). The number of rotatable bonds is 10. The maximum absolute atomic E-state index is 6.49. The maximum Gasteiger partial charge on any atom is 0.192 e. The second-order valence-electron chi connectivity index (χ2n) is 6.18. The van der Waals surface area contributed by atoms with Crippen molar-refractivity contribution in [3.63, 3.8) is 0 Å². The normalized spacial score (nSPS) is 23.2. The average molecular weight is 311 g/mol. The highest BCUT2D eigenvalue weighted by atomic mass is 28.4. The lowest BCUT2D eigenvalue weighted by atomic mass is 10.1. The van der Waals surface area contributed by atoms with Crippen molar-refractivity contribution in [2.75, 3.05) is 0 Å². The fourth-order valence-corrected chi connectivity index (χ4v) is 6.12. The molecule has 0 bridgehead atoms. The molecule has 0 spiro atoms. The summed E-state index contributed by atoms with van der Waals surface area (Å²) in [6.07, 6.45) is 5.95. The Labute approximate surface area is 130 Å². The molecular formula is C17H30O3Si. The Kier molecular flexibility index (Phi) is 6.08. The molecule has 120 valence electrons. The summed E-state index contributed by atoms with van der Waals surface area (Å²) in [5, 5.41) is 0. The fourth-order valence-electron chi connectivity index (χ4n) is 3.20. The van der Waals surface area contributed by atoms with Crippen LogP contribution in [0.2, 0.25) is 18.1 Å². The smallest absolute Gasteiger partial charge is 0.192 e. The van der Waals surface area contributed by atoms with E-state index in [2.05, 4.69) is 27.7 Å². The first kappa shape index (κ1) is 16.8. The van der Waals surface area contributed by atoms with E-state index in [1.54, 1.807) is 6.26 Å². The third-order valence-corrected chi connectivity index (χ3v) is 9.68. The van der Waals surface area contributed by atoms with Gasteiger partial charge < -0.3 is 13.6 Å². The van der Waals surface area contributed by atoms with Gasteiger partial charge in [-0.05, 0) is 50.0 Å². The third-order valence-electron chi connectivity index (χ3n) is 4.95. The predicted molar refractivity (Wildman–Crippen MR) is 88.1 cm³/mol. The molecule has 21 heavy (non-hydrogen) atoms. The number of aryl methyl sites for hydroxylation is 1. The Morgan fingerprint density at radius 1 is 1.24 bits per heavy atom. The van der Waals surface area contributed by atoms with Gasteiger partial charge in [0.25, 0.3) is 0 Å². The number of furan rings is 1. The van der Waals surface area contributed by atoms with Crippen LogP contribution < -0.4 is 0 Å². The van der Waals surface area contributed by atoms with E-state index >= 15 is 0 Å². The van der Waals surface area contributed by atoms with Gasteiger partial charge in [0, 0.05) is 6.42 Å². The molecular weight excluding hydrogens is 280 g/mol. The highest BCUT2D eigenvalue weighted by Crippen LogP contribution is 2.34. The highest BCUT2D eigenvalue weighted by Gasteiger charge is 2.45. The van der Waals surface area contributed by atoms with Crippen molar-refractivity contribution in [1.82, 2.24) is 0 Å². The molecule has 1 aromatic heterocycles. The van der Waals surface area contributed by atoms with E-state index in [-0.39, 0.29) is 6.10 Å². The second-order valence-corrected chi connectivity index (χ2v) is 10.9. The first-order valence-corrected chi connectivity index (χ1v) is 11.0. The lowest BCUT2D eigenvalue weighted by Gasteiger charge is -2.31. The van der Waals surface area contributed by atoms with Crippen LogP contribution in [0.3, 0.4) is 0 Å². The van der Waals surface area contributed by atoms with Crippen molar-refractivity contribution >= 4 is 8.32 Å². The van der Waals surface area contributed by atoms with Gasteiger partial charge in [-0.2, -0.15) is 0 Å². The van der Waals surface area contributed by atoms with Crippen molar-refractivity contribution in [3.05, 3.63) is 24.2 Å². The number of hydrogen-bond acceptors (Lipinski definition) is 3. The van der Waals surface area contributed by atoms with Crippen molar-refractivity contribution < 1.29 is 13.6 Å². The molecule has 3 atom stereocenters. The largest absolute Gasteiger partial charge is 0.469 e. The first-order chi connectivity index (χ1) is 10.1. The number of ether oxygens (including phenoxy) is 1. The first-order valence-electron chi connectivity index (χ1n) is 8.49. The average Bonchev–Trinajstić information content (AvgIpc) is 3.09. The van der Waals surface area contributed by atoms with Crippen LogP contribution in [0.4, 0.5) is 0 Å². The molecule has 1 unspecified atom stereocenters. The Hall–Kier alpha value is -0.583. The molecule has 1 fully saturated rings. The minimum Gasteiger partial charge on any atom is -0.469 e. The zero-order chi connectivity index (χ0) is 15.3. The van der Waals surface area contributed by atoms with E-state index in [1.165, 1.54) is 18.1 Å². The summed E-state index contributed by atoms with van der Waals surface area (Å²) in [4.78, 5) is 0. The minimum atomic E-state index is -1.50. The zero-order valence-corrected chi connectivity index (χ0v) is 14.9. The molecule has 0 aromatic carbocycles. The van der Waals surface area contributed by atoms with Gasteiger partial charge in [-0.15, -0.1) is 0 Å². The van der Waals surface area contributed by atoms with E-state index in [4.69, 9.17) is 13.6 Å². The summed E-state index contributed by atoms with van der Waals surface area (Å²) in [6, 6.07) is 7.62. The SMILES string of the molecule is CC[Si](CC)(CC)OC(C)[C@@H]1O[C@H]1CCCc1ccco1. The van der Waals surface area contributed by atoms with Gasteiger partial charge in [0.05, 0.1) is 18.5 Å². The van der Waals surface area contributed by atoms with Gasteiger partial charge in [0.1, 0.15) is 11.9 Å². The molecule has 4 heteroatoms. The fraction of sp³-hybridized carbons (Fsp3) is 0.765. The van der Waals surface area contributed by atoms with Gasteiger partial charge >= 0.3 is 0 Å². The van der Waals surface area contributed by atoms with Crippen LogP contribution >= 0.6 is 0 Å². The molecule has 0 N–H and O–H groups in total. The molecule has 1 aromatic rings. The summed E-state index contributed by atoms with van der Waals surface area (Å²) < 4.78 is 17.7.